The fourth-order valence-electron chi connectivity index (χ4n) is 1.75. The first-order valence-electron chi connectivity index (χ1n) is 5.70. The van der Waals surface area contributed by atoms with E-state index in [4.69, 9.17) is 5.73 Å². The van der Waals surface area contributed by atoms with Gasteiger partial charge in [-0.25, -0.2) is 0 Å². The zero-order valence-electron chi connectivity index (χ0n) is 9.53. The van der Waals surface area contributed by atoms with Gasteiger partial charge < -0.3 is 11.1 Å². The Hall–Kier alpha value is -1.77. The van der Waals surface area contributed by atoms with E-state index in [1.807, 2.05) is 24.3 Å². The second-order valence-electron chi connectivity index (χ2n) is 3.88. The fraction of sp³-hybridized carbons (Fsp3) is 0.308. The molecule has 0 amide bonds. The molecule has 0 aliphatic carbocycles. The van der Waals surface area contributed by atoms with Gasteiger partial charge in [0, 0.05) is 23.8 Å². The zero-order chi connectivity index (χ0) is 11.4. The number of nitrogen functional groups attached to an aromatic ring is 1. The molecule has 1 aromatic carbocycles. The number of anilines is 2. The first-order valence-corrected chi connectivity index (χ1v) is 5.70. The highest BCUT2D eigenvalue weighted by Gasteiger charge is 2.02. The lowest BCUT2D eigenvalue weighted by molar-refractivity contribution is 0.835. The first kappa shape index (κ1) is 10.7. The van der Waals surface area contributed by atoms with E-state index in [1.54, 1.807) is 6.20 Å². The van der Waals surface area contributed by atoms with Crippen molar-refractivity contribution in [3.8, 4) is 0 Å². The molecule has 16 heavy (non-hydrogen) atoms. The maximum absolute atomic E-state index is 5.89. The molecule has 84 valence electrons. The van der Waals surface area contributed by atoms with Gasteiger partial charge in [-0.3, -0.25) is 4.98 Å². The number of fused-ring (bicyclic) bond motifs is 1. The third kappa shape index (κ3) is 2.08. The minimum absolute atomic E-state index is 0.733. The molecule has 0 radical (unpaired) electrons. The predicted octanol–water partition coefficient (Wildman–Crippen LogP) is 3.03. The van der Waals surface area contributed by atoms with Gasteiger partial charge in [-0.05, 0) is 18.6 Å². The molecule has 0 unspecified atom stereocenters. The van der Waals surface area contributed by atoms with Crippen LogP contribution in [0.25, 0.3) is 10.9 Å². The van der Waals surface area contributed by atoms with Gasteiger partial charge in [-0.1, -0.05) is 25.5 Å². The summed E-state index contributed by atoms with van der Waals surface area (Å²) in [5, 5.41) is 4.52. The molecule has 1 heterocycles. The van der Waals surface area contributed by atoms with E-state index in [1.165, 1.54) is 12.8 Å². The fourth-order valence-corrected chi connectivity index (χ4v) is 1.75. The van der Waals surface area contributed by atoms with Crippen molar-refractivity contribution in [2.75, 3.05) is 17.6 Å². The van der Waals surface area contributed by atoms with E-state index in [2.05, 4.69) is 17.2 Å². The quantitative estimate of drug-likeness (QED) is 0.609. The van der Waals surface area contributed by atoms with Crippen LogP contribution in [0.15, 0.2) is 30.5 Å². The molecular formula is C13H17N3. The van der Waals surface area contributed by atoms with Crippen molar-refractivity contribution in [1.29, 1.82) is 0 Å². The number of rotatable bonds is 4. The molecule has 0 saturated carbocycles. The number of nitrogens with one attached hydrogen (secondary N) is 1. The summed E-state index contributed by atoms with van der Waals surface area (Å²) in [5.74, 6) is 0. The van der Waals surface area contributed by atoms with Crippen LogP contribution in [-0.2, 0) is 0 Å². The third-order valence-corrected chi connectivity index (χ3v) is 2.65. The molecule has 2 rings (SSSR count). The number of nitrogens with two attached hydrogens (primary N) is 1. The normalized spacial score (nSPS) is 10.6. The van der Waals surface area contributed by atoms with Crippen LogP contribution in [0.4, 0.5) is 11.4 Å². The Kier molecular flexibility index (Phi) is 3.25. The van der Waals surface area contributed by atoms with E-state index in [-0.39, 0.29) is 0 Å². The molecule has 0 aliphatic rings. The minimum Gasteiger partial charge on any atom is -0.397 e. The molecule has 0 atom stereocenters. The first-order chi connectivity index (χ1) is 7.83. The van der Waals surface area contributed by atoms with Crippen molar-refractivity contribution in [3.05, 3.63) is 30.5 Å². The van der Waals surface area contributed by atoms with Gasteiger partial charge in [-0.15, -0.1) is 0 Å². The molecule has 0 spiro atoms. The number of para-hydroxylation sites is 1. The summed E-state index contributed by atoms with van der Waals surface area (Å²) in [7, 11) is 0. The standard InChI is InChI=1S/C13H17N3/c1-2-3-8-15-12-7-9-16-13-10(12)5-4-6-11(13)14/h4-7,9H,2-3,8,14H2,1H3,(H,15,16). The molecule has 0 fully saturated rings. The van der Waals surface area contributed by atoms with Gasteiger partial charge in [0.2, 0.25) is 0 Å². The maximum Gasteiger partial charge on any atom is 0.0951 e. The van der Waals surface area contributed by atoms with Gasteiger partial charge in [0.15, 0.2) is 0 Å². The summed E-state index contributed by atoms with van der Waals surface area (Å²) in [5.41, 5.74) is 8.62. The molecule has 0 saturated heterocycles. The van der Waals surface area contributed by atoms with Crippen molar-refractivity contribution in [2.45, 2.75) is 19.8 Å². The predicted molar refractivity (Wildman–Crippen MR) is 69.6 cm³/mol. The summed E-state index contributed by atoms with van der Waals surface area (Å²) in [6, 6.07) is 7.89. The van der Waals surface area contributed by atoms with Crippen molar-refractivity contribution >= 4 is 22.3 Å². The van der Waals surface area contributed by atoms with Crippen molar-refractivity contribution in [2.24, 2.45) is 0 Å². The monoisotopic (exact) mass is 215 g/mol. The van der Waals surface area contributed by atoms with Crippen LogP contribution in [0, 0.1) is 0 Å². The Morgan fingerprint density at radius 2 is 2.19 bits per heavy atom. The number of unbranched alkanes of at least 4 members (excludes halogenated alkanes) is 1. The SMILES string of the molecule is CCCCNc1ccnc2c(N)cccc12. The summed E-state index contributed by atoms with van der Waals surface area (Å²) in [6.45, 7) is 3.18. The van der Waals surface area contributed by atoms with Crippen molar-refractivity contribution in [1.82, 2.24) is 4.98 Å². The molecule has 3 heteroatoms. The Morgan fingerprint density at radius 1 is 1.31 bits per heavy atom. The highest BCUT2D eigenvalue weighted by atomic mass is 14.9. The van der Waals surface area contributed by atoms with Gasteiger partial charge in [0.05, 0.1) is 11.2 Å². The summed E-state index contributed by atoms with van der Waals surface area (Å²) >= 11 is 0. The summed E-state index contributed by atoms with van der Waals surface area (Å²) in [4.78, 5) is 4.30. The van der Waals surface area contributed by atoms with Crippen molar-refractivity contribution < 1.29 is 0 Å². The topological polar surface area (TPSA) is 50.9 Å². The highest BCUT2D eigenvalue weighted by molar-refractivity contribution is 5.97. The maximum atomic E-state index is 5.89. The largest absolute Gasteiger partial charge is 0.397 e. The number of nitrogens with zero attached hydrogens (tertiary/aromatic N) is 1. The van der Waals surface area contributed by atoms with Gasteiger partial charge >= 0.3 is 0 Å². The number of hydrogen-bond acceptors (Lipinski definition) is 3. The molecule has 0 aliphatic heterocycles. The zero-order valence-corrected chi connectivity index (χ0v) is 9.53. The van der Waals surface area contributed by atoms with Crippen LogP contribution in [0.3, 0.4) is 0 Å². The highest BCUT2D eigenvalue weighted by Crippen LogP contribution is 2.25. The average molecular weight is 215 g/mol. The van der Waals surface area contributed by atoms with E-state index in [0.29, 0.717) is 0 Å². The van der Waals surface area contributed by atoms with Crippen LogP contribution in [0.2, 0.25) is 0 Å². The number of aromatic nitrogens is 1. The lowest BCUT2D eigenvalue weighted by Gasteiger charge is -2.09. The van der Waals surface area contributed by atoms with Gasteiger partial charge in [0.1, 0.15) is 0 Å². The molecule has 3 nitrogen and oxygen atoms in total. The molecular weight excluding hydrogens is 198 g/mol. The van der Waals surface area contributed by atoms with Crippen LogP contribution in [0.5, 0.6) is 0 Å². The summed E-state index contributed by atoms with van der Waals surface area (Å²) in [6.07, 6.45) is 4.16. The van der Waals surface area contributed by atoms with Crippen molar-refractivity contribution in [3.63, 3.8) is 0 Å². The molecule has 3 N–H and O–H groups in total. The molecule has 0 bridgehead atoms. The van der Waals surface area contributed by atoms with Crippen LogP contribution in [-0.4, -0.2) is 11.5 Å². The van der Waals surface area contributed by atoms with Gasteiger partial charge in [0.25, 0.3) is 0 Å². The third-order valence-electron chi connectivity index (χ3n) is 2.65. The average Bonchev–Trinajstić information content (AvgIpc) is 2.31. The smallest absolute Gasteiger partial charge is 0.0951 e. The van der Waals surface area contributed by atoms with E-state index >= 15 is 0 Å². The van der Waals surface area contributed by atoms with Gasteiger partial charge in [-0.2, -0.15) is 0 Å². The lowest BCUT2D eigenvalue weighted by Crippen LogP contribution is -2.02. The van der Waals surface area contributed by atoms with E-state index < -0.39 is 0 Å². The van der Waals surface area contributed by atoms with Crippen LogP contribution < -0.4 is 11.1 Å². The lowest BCUT2D eigenvalue weighted by atomic mass is 10.1. The second-order valence-corrected chi connectivity index (χ2v) is 3.88. The Labute approximate surface area is 95.7 Å². The molecule has 2 aromatic rings. The number of hydrogen-bond donors (Lipinski definition) is 2. The minimum atomic E-state index is 0.733. The number of pyridine rings is 1. The Balaban J connectivity index is 2.34. The number of benzene rings is 1. The Bertz CT molecular complexity index is 480. The van der Waals surface area contributed by atoms with Crippen LogP contribution in [0.1, 0.15) is 19.8 Å². The van der Waals surface area contributed by atoms with E-state index in [0.717, 1.165) is 28.8 Å². The summed E-state index contributed by atoms with van der Waals surface area (Å²) < 4.78 is 0. The van der Waals surface area contributed by atoms with Crippen LogP contribution >= 0.6 is 0 Å². The molecule has 1 aromatic heterocycles. The Morgan fingerprint density at radius 3 is 3.00 bits per heavy atom. The van der Waals surface area contributed by atoms with E-state index in [9.17, 15) is 0 Å². The second kappa shape index (κ2) is 4.84.